The van der Waals surface area contributed by atoms with Gasteiger partial charge in [0.25, 0.3) is 5.91 Å². The molecule has 1 amide bonds. The van der Waals surface area contributed by atoms with Crippen molar-refractivity contribution in [2.24, 2.45) is 0 Å². The lowest BCUT2D eigenvalue weighted by Crippen LogP contribution is -2.30. The van der Waals surface area contributed by atoms with Gasteiger partial charge in [0.2, 0.25) is 5.75 Å². The second-order valence-electron chi connectivity index (χ2n) is 6.63. The van der Waals surface area contributed by atoms with E-state index in [2.05, 4.69) is 0 Å². The predicted molar refractivity (Wildman–Crippen MR) is 114 cm³/mol. The molecule has 3 aromatic carbocycles. The smallest absolute Gasteiger partial charge is 0.258 e. The van der Waals surface area contributed by atoms with Gasteiger partial charge in [-0.15, -0.1) is 0 Å². The summed E-state index contributed by atoms with van der Waals surface area (Å²) >= 11 is 0. The van der Waals surface area contributed by atoms with E-state index in [4.69, 9.17) is 14.2 Å². The van der Waals surface area contributed by atoms with Crippen molar-refractivity contribution in [2.75, 3.05) is 26.2 Å². The molecule has 0 bridgehead atoms. The van der Waals surface area contributed by atoms with Crippen molar-refractivity contribution in [3.05, 3.63) is 83.4 Å². The summed E-state index contributed by atoms with van der Waals surface area (Å²) in [6.45, 7) is 2.46. The molecule has 0 saturated heterocycles. The van der Waals surface area contributed by atoms with Crippen LogP contribution < -0.4 is 19.1 Å². The number of hydrogen-bond acceptors (Lipinski definition) is 4. The third kappa shape index (κ3) is 4.51. The van der Waals surface area contributed by atoms with Crippen molar-refractivity contribution in [3.63, 3.8) is 0 Å². The van der Waals surface area contributed by atoms with Crippen molar-refractivity contribution >= 4 is 11.6 Å². The summed E-state index contributed by atoms with van der Waals surface area (Å²) in [5.41, 5.74) is 3.44. The summed E-state index contributed by atoms with van der Waals surface area (Å²) in [6.07, 6.45) is 0. The van der Waals surface area contributed by atoms with Crippen LogP contribution in [0.2, 0.25) is 0 Å². The SMILES string of the molecule is COc1cc(C(=O)N(Cc2ccccc2)c2ccc(C)cc2)cc(OC)c1OC. The van der Waals surface area contributed by atoms with Crippen molar-refractivity contribution in [2.45, 2.75) is 13.5 Å². The van der Waals surface area contributed by atoms with Gasteiger partial charge in [-0.1, -0.05) is 48.0 Å². The van der Waals surface area contributed by atoms with E-state index in [1.807, 2.05) is 61.5 Å². The van der Waals surface area contributed by atoms with Crippen molar-refractivity contribution in [3.8, 4) is 17.2 Å². The van der Waals surface area contributed by atoms with E-state index in [0.717, 1.165) is 16.8 Å². The molecule has 3 aromatic rings. The number of anilines is 1. The zero-order valence-electron chi connectivity index (χ0n) is 17.1. The Morgan fingerprint density at radius 1 is 0.828 bits per heavy atom. The average Bonchev–Trinajstić information content (AvgIpc) is 2.77. The van der Waals surface area contributed by atoms with Crippen LogP contribution in [0.25, 0.3) is 0 Å². The summed E-state index contributed by atoms with van der Waals surface area (Å²) in [5.74, 6) is 1.19. The lowest BCUT2D eigenvalue weighted by molar-refractivity contribution is 0.0984. The average molecular weight is 391 g/mol. The minimum atomic E-state index is -0.156. The molecule has 0 unspecified atom stereocenters. The monoisotopic (exact) mass is 391 g/mol. The van der Waals surface area contributed by atoms with Gasteiger partial charge in [-0.3, -0.25) is 4.79 Å². The predicted octanol–water partition coefficient (Wildman–Crippen LogP) is 4.87. The summed E-state index contributed by atoms with van der Waals surface area (Å²) in [4.78, 5) is 15.3. The Morgan fingerprint density at radius 3 is 1.93 bits per heavy atom. The number of nitrogens with zero attached hydrogens (tertiary/aromatic N) is 1. The zero-order chi connectivity index (χ0) is 20.8. The number of rotatable bonds is 7. The van der Waals surface area contributed by atoms with Gasteiger partial charge in [0.05, 0.1) is 27.9 Å². The molecule has 5 nitrogen and oxygen atoms in total. The Kier molecular flexibility index (Phi) is 6.39. The summed E-state index contributed by atoms with van der Waals surface area (Å²) in [5, 5.41) is 0. The van der Waals surface area contributed by atoms with E-state index in [0.29, 0.717) is 29.4 Å². The fraction of sp³-hybridized carbons (Fsp3) is 0.208. The highest BCUT2D eigenvalue weighted by Gasteiger charge is 2.22. The Balaban J connectivity index is 2.05. The van der Waals surface area contributed by atoms with Crippen LogP contribution >= 0.6 is 0 Å². The Hall–Kier alpha value is -3.47. The maximum Gasteiger partial charge on any atom is 0.258 e. The van der Waals surface area contributed by atoms with Gasteiger partial charge in [0, 0.05) is 11.3 Å². The van der Waals surface area contributed by atoms with Gasteiger partial charge < -0.3 is 19.1 Å². The topological polar surface area (TPSA) is 48.0 Å². The molecule has 0 aromatic heterocycles. The van der Waals surface area contributed by atoms with E-state index < -0.39 is 0 Å². The number of aryl methyl sites for hydroxylation is 1. The lowest BCUT2D eigenvalue weighted by Gasteiger charge is -2.24. The highest BCUT2D eigenvalue weighted by Crippen LogP contribution is 2.38. The van der Waals surface area contributed by atoms with E-state index in [1.54, 1.807) is 17.0 Å². The first-order valence-electron chi connectivity index (χ1n) is 9.29. The van der Waals surface area contributed by atoms with Crippen molar-refractivity contribution < 1.29 is 19.0 Å². The van der Waals surface area contributed by atoms with Gasteiger partial charge in [0.15, 0.2) is 11.5 Å². The molecule has 0 saturated carbocycles. The van der Waals surface area contributed by atoms with Gasteiger partial charge in [-0.25, -0.2) is 0 Å². The molecule has 150 valence electrons. The summed E-state index contributed by atoms with van der Waals surface area (Å²) in [7, 11) is 4.61. The van der Waals surface area contributed by atoms with Crippen LogP contribution in [0.1, 0.15) is 21.5 Å². The zero-order valence-corrected chi connectivity index (χ0v) is 17.1. The molecule has 0 N–H and O–H groups in total. The van der Waals surface area contributed by atoms with Crippen molar-refractivity contribution in [1.82, 2.24) is 0 Å². The van der Waals surface area contributed by atoms with Crippen LogP contribution in [-0.4, -0.2) is 27.2 Å². The van der Waals surface area contributed by atoms with Crippen LogP contribution in [-0.2, 0) is 6.54 Å². The normalized spacial score (nSPS) is 10.3. The molecule has 0 aliphatic rings. The van der Waals surface area contributed by atoms with Crippen LogP contribution in [0.15, 0.2) is 66.7 Å². The molecular formula is C24H25NO4. The summed E-state index contributed by atoms with van der Waals surface area (Å²) < 4.78 is 16.2. The third-order valence-corrected chi connectivity index (χ3v) is 4.69. The van der Waals surface area contributed by atoms with Crippen LogP contribution in [0.5, 0.6) is 17.2 Å². The first kappa shape index (κ1) is 20.3. The lowest BCUT2D eigenvalue weighted by atomic mass is 10.1. The largest absolute Gasteiger partial charge is 0.493 e. The number of methoxy groups -OCH3 is 3. The van der Waals surface area contributed by atoms with E-state index in [1.165, 1.54) is 21.3 Å². The molecule has 0 atom stereocenters. The fourth-order valence-corrected chi connectivity index (χ4v) is 3.13. The van der Waals surface area contributed by atoms with Gasteiger partial charge in [-0.05, 0) is 36.8 Å². The molecule has 5 heteroatoms. The Labute approximate surface area is 171 Å². The molecule has 0 radical (unpaired) electrons. The molecule has 0 heterocycles. The van der Waals surface area contributed by atoms with Gasteiger partial charge >= 0.3 is 0 Å². The minimum Gasteiger partial charge on any atom is -0.493 e. The standard InChI is InChI=1S/C24H25NO4/c1-17-10-12-20(13-11-17)25(16-18-8-6-5-7-9-18)24(26)19-14-21(27-2)23(29-4)22(15-19)28-3/h5-15H,16H2,1-4H3. The van der Waals surface area contributed by atoms with E-state index >= 15 is 0 Å². The molecule has 29 heavy (non-hydrogen) atoms. The minimum absolute atomic E-state index is 0.156. The number of carbonyl (C=O) groups excluding carboxylic acids is 1. The molecular weight excluding hydrogens is 366 g/mol. The maximum absolute atomic E-state index is 13.5. The Bertz CT molecular complexity index is 943. The molecule has 0 aliphatic heterocycles. The van der Waals surface area contributed by atoms with Crippen LogP contribution in [0.4, 0.5) is 5.69 Å². The number of hydrogen-bond donors (Lipinski definition) is 0. The maximum atomic E-state index is 13.5. The number of benzene rings is 3. The number of amides is 1. The first-order valence-corrected chi connectivity index (χ1v) is 9.29. The van der Waals surface area contributed by atoms with Gasteiger partial charge in [0.1, 0.15) is 0 Å². The van der Waals surface area contributed by atoms with E-state index in [-0.39, 0.29) is 5.91 Å². The highest BCUT2D eigenvalue weighted by molar-refractivity contribution is 6.06. The van der Waals surface area contributed by atoms with E-state index in [9.17, 15) is 4.79 Å². The third-order valence-electron chi connectivity index (χ3n) is 4.69. The fourth-order valence-electron chi connectivity index (χ4n) is 3.13. The highest BCUT2D eigenvalue weighted by atomic mass is 16.5. The number of carbonyl (C=O) groups is 1. The van der Waals surface area contributed by atoms with Crippen molar-refractivity contribution in [1.29, 1.82) is 0 Å². The molecule has 0 aliphatic carbocycles. The second-order valence-corrected chi connectivity index (χ2v) is 6.63. The Morgan fingerprint density at radius 2 is 1.41 bits per heavy atom. The molecule has 0 spiro atoms. The quantitative estimate of drug-likeness (QED) is 0.577. The molecule has 3 rings (SSSR count). The second kappa shape index (κ2) is 9.15. The van der Waals surface area contributed by atoms with Gasteiger partial charge in [-0.2, -0.15) is 0 Å². The summed E-state index contributed by atoms with van der Waals surface area (Å²) in [6, 6.07) is 21.1. The van der Waals surface area contributed by atoms with Crippen LogP contribution in [0, 0.1) is 6.92 Å². The molecule has 0 fully saturated rings. The van der Waals surface area contributed by atoms with Crippen LogP contribution in [0.3, 0.4) is 0 Å². The number of ether oxygens (including phenoxy) is 3. The first-order chi connectivity index (χ1) is 14.1.